The molecule has 0 spiro atoms. The molecule has 88 valence electrons. The SMILES string of the molecule is CC.CC(C)c1cc(C(F)(F)F)nn1C. The van der Waals surface area contributed by atoms with Crippen LogP contribution >= 0.6 is 0 Å². The Morgan fingerprint density at radius 2 is 1.73 bits per heavy atom. The van der Waals surface area contributed by atoms with Crippen LogP contribution in [0, 0.1) is 0 Å². The quantitative estimate of drug-likeness (QED) is 0.710. The van der Waals surface area contributed by atoms with Crippen molar-refractivity contribution < 1.29 is 13.2 Å². The van der Waals surface area contributed by atoms with Gasteiger partial charge in [0.25, 0.3) is 0 Å². The van der Waals surface area contributed by atoms with Crippen molar-refractivity contribution in [2.75, 3.05) is 0 Å². The van der Waals surface area contributed by atoms with E-state index < -0.39 is 11.9 Å². The minimum absolute atomic E-state index is 0.0496. The molecule has 0 radical (unpaired) electrons. The summed E-state index contributed by atoms with van der Waals surface area (Å²) in [5.41, 5.74) is -0.231. The Labute approximate surface area is 88.1 Å². The average molecular weight is 222 g/mol. The molecule has 5 heteroatoms. The fourth-order valence-electron chi connectivity index (χ4n) is 1.16. The number of nitrogens with zero attached hydrogens (tertiary/aromatic N) is 2. The number of halogens is 3. The lowest BCUT2D eigenvalue weighted by Crippen LogP contribution is -2.06. The standard InChI is InChI=1S/C8H11F3N2.C2H6/c1-5(2)6-4-7(8(9,10)11)12-13(6)3;1-2/h4-5H,1-3H3;1-2H3. The average Bonchev–Trinajstić information content (AvgIpc) is 2.50. The molecule has 0 bridgehead atoms. The normalized spacial score (nSPS) is 11.3. The van der Waals surface area contributed by atoms with Crippen LogP contribution in [0.25, 0.3) is 0 Å². The van der Waals surface area contributed by atoms with E-state index in [4.69, 9.17) is 0 Å². The van der Waals surface area contributed by atoms with Crippen LogP contribution in [0.15, 0.2) is 6.07 Å². The van der Waals surface area contributed by atoms with Crippen molar-refractivity contribution in [3.05, 3.63) is 17.5 Å². The molecule has 1 aromatic heterocycles. The number of alkyl halides is 3. The van der Waals surface area contributed by atoms with Gasteiger partial charge in [0.05, 0.1) is 0 Å². The van der Waals surface area contributed by atoms with Crippen molar-refractivity contribution in [1.29, 1.82) is 0 Å². The Morgan fingerprint density at radius 3 is 1.93 bits per heavy atom. The predicted octanol–water partition coefficient (Wildman–Crippen LogP) is 3.59. The third-order valence-corrected chi connectivity index (χ3v) is 1.80. The summed E-state index contributed by atoms with van der Waals surface area (Å²) in [6.45, 7) is 7.66. The molecule has 1 heterocycles. The van der Waals surface area contributed by atoms with Crippen LogP contribution < -0.4 is 0 Å². The zero-order valence-corrected chi connectivity index (χ0v) is 9.68. The van der Waals surface area contributed by atoms with E-state index in [-0.39, 0.29) is 5.92 Å². The molecule has 0 aromatic carbocycles. The van der Waals surface area contributed by atoms with Gasteiger partial charge in [-0.15, -0.1) is 0 Å². The first-order valence-electron chi connectivity index (χ1n) is 4.93. The topological polar surface area (TPSA) is 17.8 Å². The largest absolute Gasteiger partial charge is 0.435 e. The Bertz CT molecular complexity index is 300. The van der Waals surface area contributed by atoms with Gasteiger partial charge in [0.1, 0.15) is 0 Å². The smallest absolute Gasteiger partial charge is 0.272 e. The van der Waals surface area contributed by atoms with Crippen LogP contribution in [0.2, 0.25) is 0 Å². The molecule has 15 heavy (non-hydrogen) atoms. The lowest BCUT2D eigenvalue weighted by Gasteiger charge is -2.02. The van der Waals surface area contributed by atoms with Crippen LogP contribution in [0.3, 0.4) is 0 Å². The van der Waals surface area contributed by atoms with Crippen LogP contribution in [0.4, 0.5) is 13.2 Å². The number of aromatic nitrogens is 2. The van der Waals surface area contributed by atoms with Crippen LogP contribution in [-0.4, -0.2) is 9.78 Å². The molecule has 2 nitrogen and oxygen atoms in total. The van der Waals surface area contributed by atoms with Crippen LogP contribution in [0.5, 0.6) is 0 Å². The van der Waals surface area contributed by atoms with E-state index in [0.29, 0.717) is 5.69 Å². The molecule has 0 aliphatic carbocycles. The second kappa shape index (κ2) is 5.19. The Morgan fingerprint density at radius 1 is 1.27 bits per heavy atom. The van der Waals surface area contributed by atoms with Gasteiger partial charge in [-0.3, -0.25) is 4.68 Å². The van der Waals surface area contributed by atoms with Crippen molar-refractivity contribution in [3.8, 4) is 0 Å². The van der Waals surface area contributed by atoms with E-state index in [9.17, 15) is 13.2 Å². The van der Waals surface area contributed by atoms with Crippen molar-refractivity contribution in [2.24, 2.45) is 7.05 Å². The third kappa shape index (κ3) is 3.57. The molecule has 0 saturated heterocycles. The molecule has 0 saturated carbocycles. The highest BCUT2D eigenvalue weighted by Gasteiger charge is 2.34. The summed E-state index contributed by atoms with van der Waals surface area (Å²) in [6, 6.07) is 1.09. The van der Waals surface area contributed by atoms with E-state index in [1.165, 1.54) is 11.7 Å². The van der Waals surface area contributed by atoms with E-state index in [0.717, 1.165) is 6.07 Å². The summed E-state index contributed by atoms with van der Waals surface area (Å²) in [6.07, 6.45) is -4.34. The van der Waals surface area contributed by atoms with E-state index in [1.54, 1.807) is 0 Å². The zero-order valence-electron chi connectivity index (χ0n) is 9.68. The van der Waals surface area contributed by atoms with E-state index in [1.807, 2.05) is 27.7 Å². The van der Waals surface area contributed by atoms with Gasteiger partial charge < -0.3 is 0 Å². The summed E-state index contributed by atoms with van der Waals surface area (Å²) in [5.74, 6) is 0.0496. The molecule has 0 unspecified atom stereocenters. The summed E-state index contributed by atoms with van der Waals surface area (Å²) >= 11 is 0. The van der Waals surface area contributed by atoms with Gasteiger partial charge in [-0.25, -0.2) is 0 Å². The Kier molecular flexibility index (Phi) is 4.84. The summed E-state index contributed by atoms with van der Waals surface area (Å²) < 4.78 is 37.8. The summed E-state index contributed by atoms with van der Waals surface area (Å²) in [5, 5.41) is 3.39. The van der Waals surface area contributed by atoms with Crippen molar-refractivity contribution in [1.82, 2.24) is 9.78 Å². The van der Waals surface area contributed by atoms with Crippen molar-refractivity contribution in [2.45, 2.75) is 39.8 Å². The second-order valence-corrected chi connectivity index (χ2v) is 3.23. The van der Waals surface area contributed by atoms with Crippen LogP contribution in [0.1, 0.15) is 45.0 Å². The molecular formula is C10H17F3N2. The lowest BCUT2D eigenvalue weighted by molar-refractivity contribution is -0.141. The van der Waals surface area contributed by atoms with E-state index in [2.05, 4.69) is 5.10 Å². The molecule has 0 atom stereocenters. The maximum absolute atomic E-state index is 12.2. The van der Waals surface area contributed by atoms with Crippen LogP contribution in [-0.2, 0) is 13.2 Å². The first kappa shape index (κ1) is 14.0. The molecule has 0 aliphatic rings. The second-order valence-electron chi connectivity index (χ2n) is 3.23. The Hall–Kier alpha value is -1.00. The van der Waals surface area contributed by atoms with Crippen molar-refractivity contribution >= 4 is 0 Å². The minimum Gasteiger partial charge on any atom is -0.272 e. The van der Waals surface area contributed by atoms with Gasteiger partial charge in [0.15, 0.2) is 5.69 Å². The molecule has 0 fully saturated rings. The van der Waals surface area contributed by atoms with Gasteiger partial charge in [0.2, 0.25) is 0 Å². The first-order chi connectivity index (χ1) is 6.82. The van der Waals surface area contributed by atoms with Gasteiger partial charge >= 0.3 is 6.18 Å². The highest BCUT2D eigenvalue weighted by Crippen LogP contribution is 2.29. The molecule has 1 aromatic rings. The van der Waals surface area contributed by atoms with Gasteiger partial charge in [-0.1, -0.05) is 27.7 Å². The monoisotopic (exact) mass is 222 g/mol. The maximum Gasteiger partial charge on any atom is 0.435 e. The zero-order chi connectivity index (χ0) is 12.2. The summed E-state index contributed by atoms with van der Waals surface area (Å²) in [7, 11) is 1.52. The highest BCUT2D eigenvalue weighted by atomic mass is 19.4. The lowest BCUT2D eigenvalue weighted by atomic mass is 10.1. The maximum atomic E-state index is 12.2. The summed E-state index contributed by atoms with van der Waals surface area (Å²) in [4.78, 5) is 0. The van der Waals surface area contributed by atoms with Crippen molar-refractivity contribution in [3.63, 3.8) is 0 Å². The number of hydrogen-bond acceptors (Lipinski definition) is 1. The van der Waals surface area contributed by atoms with Gasteiger partial charge in [-0.2, -0.15) is 18.3 Å². The molecule has 0 aliphatic heterocycles. The fraction of sp³-hybridized carbons (Fsp3) is 0.700. The van der Waals surface area contributed by atoms with Gasteiger partial charge in [-0.05, 0) is 12.0 Å². The molecule has 1 rings (SSSR count). The molecule has 0 N–H and O–H groups in total. The number of rotatable bonds is 1. The minimum atomic E-state index is -4.34. The highest BCUT2D eigenvalue weighted by molar-refractivity contribution is 5.15. The molecule has 0 amide bonds. The van der Waals surface area contributed by atoms with E-state index >= 15 is 0 Å². The predicted molar refractivity (Wildman–Crippen MR) is 53.6 cm³/mol. The first-order valence-corrected chi connectivity index (χ1v) is 4.93. The molecular weight excluding hydrogens is 205 g/mol. The fourth-order valence-corrected chi connectivity index (χ4v) is 1.16. The third-order valence-electron chi connectivity index (χ3n) is 1.80. The number of hydrogen-bond donors (Lipinski definition) is 0. The number of aryl methyl sites for hydroxylation is 1. The van der Waals surface area contributed by atoms with Gasteiger partial charge in [0, 0.05) is 12.7 Å². The Balaban J connectivity index is 0.000000921.